The van der Waals surface area contributed by atoms with Gasteiger partial charge in [-0.05, 0) is 6.92 Å². The minimum absolute atomic E-state index is 0.109. The summed E-state index contributed by atoms with van der Waals surface area (Å²) in [6.45, 7) is 1.15. The van der Waals surface area contributed by atoms with Crippen LogP contribution in [0.5, 0.6) is 0 Å². The van der Waals surface area contributed by atoms with Crippen LogP contribution in [0.3, 0.4) is 0 Å². The summed E-state index contributed by atoms with van der Waals surface area (Å²) in [6, 6.07) is 0. The Morgan fingerprint density at radius 3 is 1.59 bits per heavy atom. The molecule has 0 saturated carbocycles. The summed E-state index contributed by atoms with van der Waals surface area (Å²) in [5, 5.41) is 72.6. The monoisotopic (exact) mass is 254 g/mol. The lowest BCUT2D eigenvalue weighted by atomic mass is 9.96. The Bertz CT molecular complexity index is 253. The number of hydrogen-bond acceptors (Lipinski definition) is 8. The van der Waals surface area contributed by atoms with Crippen LogP contribution in [0.4, 0.5) is 0 Å². The van der Waals surface area contributed by atoms with Crippen molar-refractivity contribution in [3.05, 3.63) is 12.0 Å². The fourth-order valence-corrected chi connectivity index (χ4v) is 1.13. The van der Waals surface area contributed by atoms with Crippen LogP contribution in [0.1, 0.15) is 6.92 Å². The van der Waals surface area contributed by atoms with Crippen molar-refractivity contribution in [1.29, 1.82) is 0 Å². The van der Waals surface area contributed by atoms with E-state index in [-0.39, 0.29) is 6.26 Å². The van der Waals surface area contributed by atoms with E-state index in [9.17, 15) is 25.5 Å². The van der Waals surface area contributed by atoms with Gasteiger partial charge in [-0.2, -0.15) is 0 Å². The summed E-state index contributed by atoms with van der Waals surface area (Å²) >= 11 is 0. The maximum Gasteiger partial charge on any atom is 0.158 e. The summed E-state index contributed by atoms with van der Waals surface area (Å²) < 4.78 is 0. The van der Waals surface area contributed by atoms with E-state index in [0.717, 1.165) is 6.92 Å². The van der Waals surface area contributed by atoms with Gasteiger partial charge in [0.15, 0.2) is 5.76 Å². The second kappa shape index (κ2) is 6.74. The molecule has 0 fully saturated rings. The van der Waals surface area contributed by atoms with E-state index < -0.39 is 42.4 Å². The number of aliphatic hydroxyl groups excluding tert-OH is 8. The highest BCUT2D eigenvalue weighted by Gasteiger charge is 2.37. The molecule has 0 amide bonds. The van der Waals surface area contributed by atoms with Gasteiger partial charge in [-0.25, -0.2) is 0 Å². The standard InChI is InChI=1S/C9H18O8/c1-3(11)5(13)7(15)9(17)8(16)6(14)4(12)2-10/h2-3,5-17H,1H3/b4-2-. The van der Waals surface area contributed by atoms with E-state index in [1.54, 1.807) is 0 Å². The van der Waals surface area contributed by atoms with Crippen molar-refractivity contribution in [3.8, 4) is 0 Å². The normalized spacial score (nSPS) is 23.6. The van der Waals surface area contributed by atoms with Gasteiger partial charge < -0.3 is 40.9 Å². The highest BCUT2D eigenvalue weighted by Crippen LogP contribution is 2.13. The second-order valence-electron chi connectivity index (χ2n) is 3.70. The first-order chi connectivity index (χ1) is 7.73. The molecule has 17 heavy (non-hydrogen) atoms. The molecular formula is C9H18O8. The molecule has 0 saturated heterocycles. The Morgan fingerprint density at radius 1 is 0.824 bits per heavy atom. The Kier molecular flexibility index (Phi) is 6.39. The van der Waals surface area contributed by atoms with Crippen LogP contribution < -0.4 is 0 Å². The number of rotatable bonds is 6. The molecule has 0 heterocycles. The predicted molar refractivity (Wildman–Crippen MR) is 55.1 cm³/mol. The summed E-state index contributed by atoms with van der Waals surface area (Å²) in [5.41, 5.74) is 0. The summed E-state index contributed by atoms with van der Waals surface area (Å²) in [7, 11) is 0. The molecule has 6 unspecified atom stereocenters. The van der Waals surface area contributed by atoms with Crippen LogP contribution in [0.15, 0.2) is 12.0 Å². The molecule has 102 valence electrons. The van der Waals surface area contributed by atoms with Gasteiger partial charge in [0.2, 0.25) is 0 Å². The third-order valence-corrected chi connectivity index (χ3v) is 2.30. The zero-order valence-electron chi connectivity index (χ0n) is 9.12. The molecule has 0 bridgehead atoms. The zero-order chi connectivity index (χ0) is 13.7. The first kappa shape index (κ1) is 16.1. The quantitative estimate of drug-likeness (QED) is 0.234. The van der Waals surface area contributed by atoms with E-state index in [0.29, 0.717) is 0 Å². The van der Waals surface area contributed by atoms with Crippen LogP contribution in [-0.4, -0.2) is 77.5 Å². The van der Waals surface area contributed by atoms with Gasteiger partial charge in [-0.15, -0.1) is 0 Å². The lowest BCUT2D eigenvalue weighted by molar-refractivity contribution is -0.149. The second-order valence-corrected chi connectivity index (χ2v) is 3.70. The molecule has 0 aliphatic heterocycles. The van der Waals surface area contributed by atoms with Crippen LogP contribution in [0.2, 0.25) is 0 Å². The van der Waals surface area contributed by atoms with Gasteiger partial charge >= 0.3 is 0 Å². The van der Waals surface area contributed by atoms with Gasteiger partial charge in [-0.1, -0.05) is 0 Å². The Hall–Kier alpha value is -0.900. The third kappa shape index (κ3) is 4.11. The maximum atomic E-state index is 9.37. The van der Waals surface area contributed by atoms with Crippen molar-refractivity contribution >= 4 is 0 Å². The first-order valence-electron chi connectivity index (χ1n) is 4.85. The van der Waals surface area contributed by atoms with Crippen LogP contribution in [0.25, 0.3) is 0 Å². The highest BCUT2D eigenvalue weighted by molar-refractivity contribution is 5.00. The Morgan fingerprint density at radius 2 is 1.24 bits per heavy atom. The van der Waals surface area contributed by atoms with Crippen molar-refractivity contribution in [2.75, 3.05) is 0 Å². The number of hydrogen-bond donors (Lipinski definition) is 8. The van der Waals surface area contributed by atoms with Gasteiger partial charge in [0, 0.05) is 0 Å². The highest BCUT2D eigenvalue weighted by atomic mass is 16.4. The molecule has 0 aliphatic carbocycles. The van der Waals surface area contributed by atoms with Crippen molar-refractivity contribution in [3.63, 3.8) is 0 Å². The van der Waals surface area contributed by atoms with E-state index in [1.165, 1.54) is 0 Å². The molecule has 0 aromatic rings. The largest absolute Gasteiger partial charge is 0.512 e. The van der Waals surface area contributed by atoms with Gasteiger partial charge in [0.1, 0.15) is 36.8 Å². The minimum atomic E-state index is -2.05. The summed E-state index contributed by atoms with van der Waals surface area (Å²) in [6.07, 6.45) is -11.1. The molecular weight excluding hydrogens is 236 g/mol. The Labute approximate surface area is 97.3 Å². The molecule has 6 atom stereocenters. The smallest absolute Gasteiger partial charge is 0.158 e. The van der Waals surface area contributed by atoms with Crippen LogP contribution in [0, 0.1) is 0 Å². The fraction of sp³-hybridized carbons (Fsp3) is 0.778. The molecule has 8 heteroatoms. The SMILES string of the molecule is CC(O)C(O)C(O)C(O)C(O)C(O)/C(O)=C/O. The Balaban J connectivity index is 4.64. The fourth-order valence-electron chi connectivity index (χ4n) is 1.13. The third-order valence-electron chi connectivity index (χ3n) is 2.30. The zero-order valence-corrected chi connectivity index (χ0v) is 9.12. The molecule has 0 radical (unpaired) electrons. The average Bonchev–Trinajstić information content (AvgIpc) is 2.32. The lowest BCUT2D eigenvalue weighted by Crippen LogP contribution is -2.52. The van der Waals surface area contributed by atoms with E-state index >= 15 is 0 Å². The number of aliphatic hydroxyl groups is 8. The van der Waals surface area contributed by atoms with Crippen LogP contribution in [-0.2, 0) is 0 Å². The molecule has 0 rings (SSSR count). The lowest BCUT2D eigenvalue weighted by Gasteiger charge is -2.29. The molecule has 0 aliphatic rings. The van der Waals surface area contributed by atoms with Crippen molar-refractivity contribution in [1.82, 2.24) is 0 Å². The minimum Gasteiger partial charge on any atom is -0.512 e. The first-order valence-corrected chi connectivity index (χ1v) is 4.85. The van der Waals surface area contributed by atoms with Gasteiger partial charge in [0.05, 0.1) is 6.10 Å². The van der Waals surface area contributed by atoms with E-state index in [1.807, 2.05) is 0 Å². The van der Waals surface area contributed by atoms with Gasteiger partial charge in [-0.3, -0.25) is 0 Å². The molecule has 8 nitrogen and oxygen atoms in total. The molecule has 0 aromatic carbocycles. The predicted octanol–water partition coefficient (Wildman–Crippen LogP) is -2.87. The molecule has 0 aromatic heterocycles. The maximum absolute atomic E-state index is 9.37. The average molecular weight is 254 g/mol. The van der Waals surface area contributed by atoms with Crippen molar-refractivity contribution in [2.45, 2.75) is 43.5 Å². The van der Waals surface area contributed by atoms with Crippen LogP contribution >= 0.6 is 0 Å². The van der Waals surface area contributed by atoms with Gasteiger partial charge in [0.25, 0.3) is 0 Å². The summed E-state index contributed by atoms with van der Waals surface area (Å²) in [4.78, 5) is 0. The van der Waals surface area contributed by atoms with Crippen molar-refractivity contribution in [2.24, 2.45) is 0 Å². The van der Waals surface area contributed by atoms with Crippen molar-refractivity contribution < 1.29 is 40.9 Å². The summed E-state index contributed by atoms with van der Waals surface area (Å²) in [5.74, 6) is -1.02. The van der Waals surface area contributed by atoms with E-state index in [4.69, 9.17) is 15.3 Å². The topological polar surface area (TPSA) is 162 Å². The van der Waals surface area contributed by atoms with E-state index in [2.05, 4.69) is 0 Å². The molecule has 8 N–H and O–H groups in total. The molecule has 0 spiro atoms.